The molecule has 0 atom stereocenters. The van der Waals surface area contributed by atoms with Crippen LogP contribution in [0.5, 0.6) is 0 Å². The summed E-state index contributed by atoms with van der Waals surface area (Å²) in [6.45, 7) is 5.51. The highest BCUT2D eigenvalue weighted by molar-refractivity contribution is 5.89. The van der Waals surface area contributed by atoms with Gasteiger partial charge in [0.25, 0.3) is 0 Å². The van der Waals surface area contributed by atoms with E-state index >= 15 is 0 Å². The molecule has 0 amide bonds. The number of benzene rings is 1. The maximum absolute atomic E-state index is 11.5. The van der Waals surface area contributed by atoms with Crippen LogP contribution >= 0.6 is 0 Å². The molecule has 0 bridgehead atoms. The van der Waals surface area contributed by atoms with Crippen molar-refractivity contribution in [2.45, 2.75) is 20.3 Å². The predicted octanol–water partition coefficient (Wildman–Crippen LogP) is 2.58. The normalized spacial score (nSPS) is 10.1. The summed E-state index contributed by atoms with van der Waals surface area (Å²) in [5.41, 5.74) is 1.71. The van der Waals surface area contributed by atoms with Gasteiger partial charge in [-0.25, -0.2) is 4.79 Å². The van der Waals surface area contributed by atoms with E-state index in [0.717, 1.165) is 12.0 Å². The average Bonchev–Trinajstić information content (AvgIpc) is 2.29. The van der Waals surface area contributed by atoms with Crippen LogP contribution in [0.3, 0.4) is 0 Å². The Morgan fingerprint density at radius 1 is 1.12 bits per heavy atom. The predicted molar refractivity (Wildman–Crippen MR) is 62.6 cm³/mol. The number of hydrogen-bond donors (Lipinski definition) is 0. The summed E-state index contributed by atoms with van der Waals surface area (Å²) >= 11 is 0. The van der Waals surface area contributed by atoms with Crippen LogP contribution in [0.4, 0.5) is 0 Å². The second-order valence-corrected chi connectivity index (χ2v) is 3.61. The first-order chi connectivity index (χ1) is 7.74. The number of carbonyl (C=O) groups excluding carboxylic acids is 1. The topological polar surface area (TPSA) is 35.5 Å². The molecule has 0 heterocycles. The zero-order valence-electron chi connectivity index (χ0n) is 9.86. The summed E-state index contributed by atoms with van der Waals surface area (Å²) in [6.07, 6.45) is 0.978. The van der Waals surface area contributed by atoms with Gasteiger partial charge >= 0.3 is 5.97 Å². The molecule has 0 saturated heterocycles. The van der Waals surface area contributed by atoms with Crippen LogP contribution in [0.1, 0.15) is 29.3 Å². The van der Waals surface area contributed by atoms with Gasteiger partial charge in [0, 0.05) is 6.61 Å². The minimum atomic E-state index is -0.292. The van der Waals surface area contributed by atoms with Crippen molar-refractivity contribution in [3.05, 3.63) is 35.4 Å². The summed E-state index contributed by atoms with van der Waals surface area (Å²) in [5, 5.41) is 0. The minimum absolute atomic E-state index is 0.292. The van der Waals surface area contributed by atoms with Crippen molar-refractivity contribution in [2.24, 2.45) is 0 Å². The monoisotopic (exact) mass is 222 g/mol. The summed E-state index contributed by atoms with van der Waals surface area (Å²) in [6, 6.07) is 7.32. The average molecular weight is 222 g/mol. The van der Waals surface area contributed by atoms with E-state index in [9.17, 15) is 4.79 Å². The van der Waals surface area contributed by atoms with E-state index < -0.39 is 0 Å². The Balaban J connectivity index is 2.27. The highest BCUT2D eigenvalue weighted by Crippen LogP contribution is 2.04. The molecule has 3 nitrogen and oxygen atoms in total. The molecule has 0 aliphatic carbocycles. The van der Waals surface area contributed by atoms with Gasteiger partial charge in [-0.05, 0) is 25.5 Å². The van der Waals surface area contributed by atoms with Crippen LogP contribution < -0.4 is 0 Å². The fourth-order valence-corrected chi connectivity index (χ4v) is 1.21. The molecule has 1 aromatic carbocycles. The van der Waals surface area contributed by atoms with Gasteiger partial charge in [0.1, 0.15) is 6.61 Å². The summed E-state index contributed by atoms with van der Waals surface area (Å²) in [7, 11) is 0. The fourth-order valence-electron chi connectivity index (χ4n) is 1.21. The lowest BCUT2D eigenvalue weighted by atomic mass is 10.1. The van der Waals surface area contributed by atoms with Gasteiger partial charge in [-0.2, -0.15) is 0 Å². The molecule has 1 rings (SSSR count). The molecule has 0 spiro atoms. The van der Waals surface area contributed by atoms with E-state index in [2.05, 4.69) is 0 Å². The Labute approximate surface area is 96.4 Å². The van der Waals surface area contributed by atoms with Gasteiger partial charge in [-0.1, -0.05) is 24.6 Å². The lowest BCUT2D eigenvalue weighted by Gasteiger charge is -2.05. The van der Waals surface area contributed by atoms with Crippen molar-refractivity contribution in [3.8, 4) is 0 Å². The van der Waals surface area contributed by atoms with E-state index in [4.69, 9.17) is 9.47 Å². The molecule has 0 aliphatic heterocycles. The number of esters is 1. The molecular weight excluding hydrogens is 204 g/mol. The molecule has 16 heavy (non-hydrogen) atoms. The molecule has 1 aromatic rings. The molecule has 88 valence electrons. The van der Waals surface area contributed by atoms with E-state index in [1.54, 1.807) is 12.1 Å². The summed E-state index contributed by atoms with van der Waals surface area (Å²) in [4.78, 5) is 11.5. The Kier molecular flexibility index (Phi) is 5.57. The van der Waals surface area contributed by atoms with E-state index in [0.29, 0.717) is 25.4 Å². The minimum Gasteiger partial charge on any atom is -0.460 e. The zero-order chi connectivity index (χ0) is 11.8. The van der Waals surface area contributed by atoms with Crippen LogP contribution in [-0.2, 0) is 9.47 Å². The first-order valence-corrected chi connectivity index (χ1v) is 5.55. The highest BCUT2D eigenvalue weighted by Gasteiger charge is 2.05. The summed E-state index contributed by atoms with van der Waals surface area (Å²) < 4.78 is 10.3. The third-order valence-corrected chi connectivity index (χ3v) is 2.10. The second-order valence-electron chi connectivity index (χ2n) is 3.61. The Hall–Kier alpha value is -1.35. The third-order valence-electron chi connectivity index (χ3n) is 2.10. The largest absolute Gasteiger partial charge is 0.460 e. The van der Waals surface area contributed by atoms with E-state index in [1.165, 1.54) is 0 Å². The zero-order valence-corrected chi connectivity index (χ0v) is 9.86. The molecule has 0 radical (unpaired) electrons. The van der Waals surface area contributed by atoms with E-state index in [1.807, 2.05) is 26.0 Å². The lowest BCUT2D eigenvalue weighted by Crippen LogP contribution is -2.11. The third kappa shape index (κ3) is 4.45. The SMILES string of the molecule is CCCOCCOC(=O)c1ccc(C)cc1. The number of rotatable bonds is 6. The van der Waals surface area contributed by atoms with Crippen molar-refractivity contribution in [1.29, 1.82) is 0 Å². The van der Waals surface area contributed by atoms with Gasteiger partial charge < -0.3 is 9.47 Å². The Morgan fingerprint density at radius 2 is 1.81 bits per heavy atom. The molecule has 0 fully saturated rings. The Bertz CT molecular complexity index is 316. The van der Waals surface area contributed by atoms with Crippen LogP contribution in [0, 0.1) is 6.92 Å². The summed E-state index contributed by atoms with van der Waals surface area (Å²) in [5.74, 6) is -0.292. The number of carbonyl (C=O) groups is 1. The molecule has 0 aliphatic rings. The number of ether oxygens (including phenoxy) is 2. The van der Waals surface area contributed by atoms with Crippen LogP contribution in [0.15, 0.2) is 24.3 Å². The van der Waals surface area contributed by atoms with E-state index in [-0.39, 0.29) is 5.97 Å². The first-order valence-electron chi connectivity index (χ1n) is 5.55. The molecule has 0 aromatic heterocycles. The highest BCUT2D eigenvalue weighted by atomic mass is 16.6. The Morgan fingerprint density at radius 3 is 2.44 bits per heavy atom. The quantitative estimate of drug-likeness (QED) is 0.548. The van der Waals surface area contributed by atoms with Crippen molar-refractivity contribution >= 4 is 5.97 Å². The second kappa shape index (κ2) is 7.01. The van der Waals surface area contributed by atoms with Crippen LogP contribution in [-0.4, -0.2) is 25.8 Å². The van der Waals surface area contributed by atoms with Gasteiger partial charge in [0.05, 0.1) is 12.2 Å². The van der Waals surface area contributed by atoms with Crippen molar-refractivity contribution in [1.82, 2.24) is 0 Å². The fraction of sp³-hybridized carbons (Fsp3) is 0.462. The molecule has 3 heteroatoms. The molecule has 0 unspecified atom stereocenters. The van der Waals surface area contributed by atoms with Gasteiger partial charge in [0.15, 0.2) is 0 Å². The van der Waals surface area contributed by atoms with Gasteiger partial charge in [-0.3, -0.25) is 0 Å². The molecule has 0 N–H and O–H groups in total. The standard InChI is InChI=1S/C13H18O3/c1-3-8-15-9-10-16-13(14)12-6-4-11(2)5-7-12/h4-7H,3,8-10H2,1-2H3. The maximum Gasteiger partial charge on any atom is 0.338 e. The van der Waals surface area contributed by atoms with Gasteiger partial charge in [-0.15, -0.1) is 0 Å². The van der Waals surface area contributed by atoms with Crippen LogP contribution in [0.2, 0.25) is 0 Å². The first kappa shape index (κ1) is 12.7. The van der Waals surface area contributed by atoms with Crippen molar-refractivity contribution < 1.29 is 14.3 Å². The molecule has 0 saturated carbocycles. The smallest absolute Gasteiger partial charge is 0.338 e. The van der Waals surface area contributed by atoms with Crippen LogP contribution in [0.25, 0.3) is 0 Å². The maximum atomic E-state index is 11.5. The number of aryl methyl sites for hydroxylation is 1. The van der Waals surface area contributed by atoms with Crippen molar-refractivity contribution in [2.75, 3.05) is 19.8 Å². The molecular formula is C13H18O3. The van der Waals surface area contributed by atoms with Crippen molar-refractivity contribution in [3.63, 3.8) is 0 Å². The number of hydrogen-bond acceptors (Lipinski definition) is 3. The van der Waals surface area contributed by atoms with Gasteiger partial charge in [0.2, 0.25) is 0 Å². The lowest BCUT2D eigenvalue weighted by molar-refractivity contribution is 0.0318.